The maximum atomic E-state index is 12.8. The smallest absolute Gasteiger partial charge is 0.254 e. The molecule has 4 rings (SSSR count). The molecule has 0 bridgehead atoms. The van der Waals surface area contributed by atoms with Crippen LogP contribution >= 0.6 is 0 Å². The molecule has 0 aliphatic carbocycles. The molecule has 0 radical (unpaired) electrons. The zero-order valence-electron chi connectivity index (χ0n) is 13.5. The molecule has 0 spiro atoms. The van der Waals surface area contributed by atoms with Crippen molar-refractivity contribution in [2.45, 2.75) is 31.9 Å². The maximum absolute atomic E-state index is 12.8. The summed E-state index contributed by atoms with van der Waals surface area (Å²) >= 11 is 0. The predicted molar refractivity (Wildman–Crippen MR) is 87.9 cm³/mol. The van der Waals surface area contributed by atoms with Gasteiger partial charge in [-0.05, 0) is 31.0 Å². The molecule has 24 heavy (non-hydrogen) atoms. The van der Waals surface area contributed by atoms with E-state index in [1.165, 1.54) is 0 Å². The van der Waals surface area contributed by atoms with Crippen LogP contribution < -0.4 is 4.74 Å². The molecule has 6 heteroatoms. The molecule has 2 aromatic rings. The number of carbonyl (C=O) groups is 1. The summed E-state index contributed by atoms with van der Waals surface area (Å²) < 4.78 is 11.4. The Bertz CT molecular complexity index is 722. The fourth-order valence-electron chi connectivity index (χ4n) is 3.26. The molecule has 1 saturated heterocycles. The topological polar surface area (TPSA) is 67.5 Å². The first-order chi connectivity index (χ1) is 11.8. The van der Waals surface area contributed by atoms with Crippen LogP contribution in [0.3, 0.4) is 0 Å². The number of H-pyrrole nitrogens is 1. The van der Waals surface area contributed by atoms with Gasteiger partial charge in [0.1, 0.15) is 12.4 Å². The van der Waals surface area contributed by atoms with Gasteiger partial charge in [0, 0.05) is 42.9 Å². The molecule has 2 aliphatic rings. The van der Waals surface area contributed by atoms with Gasteiger partial charge in [0.05, 0.1) is 12.3 Å². The number of nitrogens with zero attached hydrogens (tertiary/aromatic N) is 2. The monoisotopic (exact) mass is 327 g/mol. The Labute approximate surface area is 140 Å². The van der Waals surface area contributed by atoms with Crippen molar-refractivity contribution >= 4 is 5.91 Å². The predicted octanol–water partition coefficient (Wildman–Crippen LogP) is 2.17. The molecular weight excluding hydrogens is 306 g/mol. The summed E-state index contributed by atoms with van der Waals surface area (Å²) in [6.07, 6.45) is 4.93. The molecule has 1 aromatic heterocycles. The largest absolute Gasteiger partial charge is 0.491 e. The number of hydrogen-bond donors (Lipinski definition) is 1. The molecule has 1 aromatic carbocycles. The second kappa shape index (κ2) is 6.65. The molecule has 1 amide bonds. The minimum absolute atomic E-state index is 0.0319. The maximum Gasteiger partial charge on any atom is 0.254 e. The van der Waals surface area contributed by atoms with E-state index in [4.69, 9.17) is 9.47 Å². The van der Waals surface area contributed by atoms with Crippen molar-refractivity contribution in [2.75, 3.05) is 19.8 Å². The number of rotatable bonds is 4. The number of nitrogens with one attached hydrogen (secondary N) is 1. The van der Waals surface area contributed by atoms with Crippen molar-refractivity contribution in [3.8, 4) is 5.75 Å². The highest BCUT2D eigenvalue weighted by Gasteiger charge is 2.23. The summed E-state index contributed by atoms with van der Waals surface area (Å²) in [5, 5.41) is 7.04. The van der Waals surface area contributed by atoms with E-state index in [1.807, 2.05) is 29.2 Å². The third-order valence-corrected chi connectivity index (χ3v) is 4.63. The van der Waals surface area contributed by atoms with Gasteiger partial charge in [-0.1, -0.05) is 6.07 Å². The van der Waals surface area contributed by atoms with E-state index in [0.29, 0.717) is 25.3 Å². The highest BCUT2D eigenvalue weighted by Crippen LogP contribution is 2.21. The van der Waals surface area contributed by atoms with E-state index in [0.717, 1.165) is 42.9 Å². The Kier molecular flexibility index (Phi) is 4.21. The van der Waals surface area contributed by atoms with E-state index < -0.39 is 0 Å². The minimum atomic E-state index is 0.0319. The zero-order chi connectivity index (χ0) is 16.4. The van der Waals surface area contributed by atoms with Crippen molar-refractivity contribution in [2.24, 2.45) is 0 Å². The van der Waals surface area contributed by atoms with Gasteiger partial charge >= 0.3 is 0 Å². The second-order valence-electron chi connectivity index (χ2n) is 6.32. The number of carbonyl (C=O) groups excluding carboxylic acids is 1. The lowest BCUT2D eigenvalue weighted by Gasteiger charge is -2.26. The molecule has 1 N–H and O–H groups in total. The van der Waals surface area contributed by atoms with Gasteiger partial charge in [-0.15, -0.1) is 0 Å². The molecule has 3 heterocycles. The van der Waals surface area contributed by atoms with Crippen LogP contribution in [0.4, 0.5) is 0 Å². The third kappa shape index (κ3) is 3.14. The van der Waals surface area contributed by atoms with Crippen LogP contribution in [0.5, 0.6) is 5.75 Å². The van der Waals surface area contributed by atoms with E-state index in [9.17, 15) is 4.79 Å². The van der Waals surface area contributed by atoms with E-state index in [2.05, 4.69) is 10.2 Å². The Morgan fingerprint density at radius 1 is 1.46 bits per heavy atom. The van der Waals surface area contributed by atoms with Gasteiger partial charge in [-0.3, -0.25) is 9.89 Å². The van der Waals surface area contributed by atoms with Crippen LogP contribution in [-0.4, -0.2) is 46.9 Å². The van der Waals surface area contributed by atoms with Crippen molar-refractivity contribution in [3.05, 3.63) is 47.3 Å². The van der Waals surface area contributed by atoms with Crippen LogP contribution in [0.25, 0.3) is 0 Å². The Balaban J connectivity index is 1.42. The number of amides is 1. The average molecular weight is 327 g/mol. The lowest BCUT2D eigenvalue weighted by molar-refractivity contribution is 0.0676. The SMILES string of the molecule is O=C(c1cccc(OCC2CCCO2)c1)N1CCc2[nH]ncc2C1. The molecule has 6 nitrogen and oxygen atoms in total. The summed E-state index contributed by atoms with van der Waals surface area (Å²) in [5.74, 6) is 0.752. The fraction of sp³-hybridized carbons (Fsp3) is 0.444. The van der Waals surface area contributed by atoms with Crippen LogP contribution in [-0.2, 0) is 17.7 Å². The van der Waals surface area contributed by atoms with Gasteiger partial charge in [0.15, 0.2) is 0 Å². The van der Waals surface area contributed by atoms with Crippen LogP contribution in [0.15, 0.2) is 30.5 Å². The van der Waals surface area contributed by atoms with Crippen molar-refractivity contribution in [1.82, 2.24) is 15.1 Å². The third-order valence-electron chi connectivity index (χ3n) is 4.63. The highest BCUT2D eigenvalue weighted by atomic mass is 16.5. The highest BCUT2D eigenvalue weighted by molar-refractivity contribution is 5.94. The molecule has 1 fully saturated rings. The Morgan fingerprint density at radius 3 is 3.29 bits per heavy atom. The number of aromatic nitrogens is 2. The van der Waals surface area contributed by atoms with Crippen LogP contribution in [0, 0.1) is 0 Å². The zero-order valence-corrected chi connectivity index (χ0v) is 13.5. The fourth-order valence-corrected chi connectivity index (χ4v) is 3.26. The molecule has 1 unspecified atom stereocenters. The number of fused-ring (bicyclic) bond motifs is 1. The molecule has 0 saturated carbocycles. The first-order valence-electron chi connectivity index (χ1n) is 8.44. The minimum Gasteiger partial charge on any atom is -0.491 e. The lowest BCUT2D eigenvalue weighted by Crippen LogP contribution is -2.35. The molecular formula is C18H21N3O3. The number of benzene rings is 1. The van der Waals surface area contributed by atoms with Crippen LogP contribution in [0.1, 0.15) is 34.5 Å². The summed E-state index contributed by atoms with van der Waals surface area (Å²) in [5.41, 5.74) is 2.89. The van der Waals surface area contributed by atoms with Gasteiger partial charge < -0.3 is 14.4 Å². The second-order valence-corrected chi connectivity index (χ2v) is 6.32. The molecule has 126 valence electrons. The number of ether oxygens (including phenoxy) is 2. The van der Waals surface area contributed by atoms with Gasteiger partial charge in [-0.2, -0.15) is 5.10 Å². The normalized spacial score (nSPS) is 20.0. The molecule has 2 aliphatic heterocycles. The Morgan fingerprint density at radius 2 is 2.42 bits per heavy atom. The summed E-state index contributed by atoms with van der Waals surface area (Å²) in [6.45, 7) is 2.66. The average Bonchev–Trinajstić information content (AvgIpc) is 3.30. The van der Waals surface area contributed by atoms with E-state index >= 15 is 0 Å². The summed E-state index contributed by atoms with van der Waals surface area (Å²) in [4.78, 5) is 14.6. The number of hydrogen-bond acceptors (Lipinski definition) is 4. The van der Waals surface area contributed by atoms with Gasteiger partial charge in [0.25, 0.3) is 5.91 Å². The van der Waals surface area contributed by atoms with E-state index in [-0.39, 0.29) is 12.0 Å². The van der Waals surface area contributed by atoms with E-state index in [1.54, 1.807) is 6.20 Å². The van der Waals surface area contributed by atoms with Crippen molar-refractivity contribution in [3.63, 3.8) is 0 Å². The first-order valence-corrected chi connectivity index (χ1v) is 8.44. The van der Waals surface area contributed by atoms with Crippen molar-refractivity contribution in [1.29, 1.82) is 0 Å². The summed E-state index contributed by atoms with van der Waals surface area (Å²) in [7, 11) is 0. The quantitative estimate of drug-likeness (QED) is 0.934. The van der Waals surface area contributed by atoms with Crippen LogP contribution in [0.2, 0.25) is 0 Å². The lowest BCUT2D eigenvalue weighted by atomic mass is 10.1. The number of aromatic amines is 1. The Hall–Kier alpha value is -2.34. The van der Waals surface area contributed by atoms with Gasteiger partial charge in [0.2, 0.25) is 0 Å². The molecule has 1 atom stereocenters. The van der Waals surface area contributed by atoms with Gasteiger partial charge in [-0.25, -0.2) is 0 Å². The summed E-state index contributed by atoms with van der Waals surface area (Å²) in [6, 6.07) is 7.41. The standard InChI is InChI=1S/C18H21N3O3/c22-18(21-7-6-17-14(11-21)10-19-20-17)13-3-1-4-15(9-13)24-12-16-5-2-8-23-16/h1,3-4,9-10,16H,2,5-8,11-12H2,(H,19,20). The van der Waals surface area contributed by atoms with Crippen molar-refractivity contribution < 1.29 is 14.3 Å². The first kappa shape index (κ1) is 15.2.